The van der Waals surface area contributed by atoms with E-state index in [1.54, 1.807) is 0 Å². The van der Waals surface area contributed by atoms with Crippen LogP contribution in [0.4, 0.5) is 0 Å². The number of carbonyl (C=O) groups is 1. The number of epoxide rings is 1. The summed E-state index contributed by atoms with van der Waals surface area (Å²) in [6.45, 7) is 6.16. The Morgan fingerprint density at radius 2 is 2.29 bits per heavy atom. The highest BCUT2D eigenvalue weighted by Crippen LogP contribution is 2.49. The average molecular weight is 242 g/mol. The van der Waals surface area contributed by atoms with Crippen LogP contribution in [-0.2, 0) is 14.3 Å². The molecule has 0 aromatic heterocycles. The van der Waals surface area contributed by atoms with Gasteiger partial charge in [-0.25, -0.2) is 0 Å². The minimum absolute atomic E-state index is 0.0226. The average Bonchev–Trinajstić information content (AvgIpc) is 2.96. The van der Waals surface area contributed by atoms with Crippen LogP contribution in [0.3, 0.4) is 0 Å². The lowest BCUT2D eigenvalue weighted by molar-refractivity contribution is -0.153. The smallest absolute Gasteiger partial charge is 0.309 e. The third-order valence-electron chi connectivity index (χ3n) is 3.89. The number of carbonyl (C=O) groups excluding carboxylic acids is 1. The topological polar surface area (TPSA) is 59.1 Å². The van der Waals surface area contributed by atoms with E-state index in [4.69, 9.17) is 14.6 Å². The van der Waals surface area contributed by atoms with E-state index in [-0.39, 0.29) is 42.2 Å². The van der Waals surface area contributed by atoms with Gasteiger partial charge in [0.2, 0.25) is 0 Å². The molecule has 0 bridgehead atoms. The molecule has 2 fully saturated rings. The molecule has 2 rings (SSSR count). The van der Waals surface area contributed by atoms with E-state index in [9.17, 15) is 4.79 Å². The van der Waals surface area contributed by atoms with Crippen LogP contribution in [0, 0.1) is 11.3 Å². The summed E-state index contributed by atoms with van der Waals surface area (Å²) < 4.78 is 10.8. The van der Waals surface area contributed by atoms with Crippen LogP contribution in [-0.4, -0.2) is 36.0 Å². The molecule has 0 aromatic carbocycles. The van der Waals surface area contributed by atoms with Gasteiger partial charge in [-0.15, -0.1) is 0 Å². The second kappa shape index (κ2) is 4.25. The maximum atomic E-state index is 11.9. The number of aliphatic hydroxyl groups excluding tert-OH is 1. The Morgan fingerprint density at radius 1 is 1.59 bits per heavy atom. The van der Waals surface area contributed by atoms with Crippen molar-refractivity contribution in [1.82, 2.24) is 0 Å². The van der Waals surface area contributed by atoms with Gasteiger partial charge in [0.05, 0.1) is 30.8 Å². The van der Waals surface area contributed by atoms with Gasteiger partial charge >= 0.3 is 5.97 Å². The van der Waals surface area contributed by atoms with Gasteiger partial charge < -0.3 is 14.6 Å². The van der Waals surface area contributed by atoms with Gasteiger partial charge in [0.25, 0.3) is 0 Å². The van der Waals surface area contributed by atoms with Crippen molar-refractivity contribution in [3.63, 3.8) is 0 Å². The molecule has 4 nitrogen and oxygen atoms in total. The molecule has 0 amide bonds. The Bertz CT molecular complexity index is 313. The molecule has 4 heteroatoms. The van der Waals surface area contributed by atoms with Gasteiger partial charge in [0.1, 0.15) is 0 Å². The van der Waals surface area contributed by atoms with Gasteiger partial charge in [-0.1, -0.05) is 13.8 Å². The fraction of sp³-hybridized carbons (Fsp3) is 0.923. The van der Waals surface area contributed by atoms with Crippen LogP contribution in [0.15, 0.2) is 0 Å². The second-order valence-corrected chi connectivity index (χ2v) is 6.32. The summed E-state index contributed by atoms with van der Waals surface area (Å²) in [6.07, 6.45) is 2.83. The van der Waals surface area contributed by atoms with Crippen molar-refractivity contribution in [1.29, 1.82) is 0 Å². The molecule has 1 saturated heterocycles. The summed E-state index contributed by atoms with van der Waals surface area (Å²) in [5.41, 5.74) is -0.309. The number of ether oxygens (including phenoxy) is 2. The number of rotatable bonds is 4. The first-order valence-corrected chi connectivity index (χ1v) is 6.32. The molecular weight excluding hydrogens is 220 g/mol. The first kappa shape index (κ1) is 12.8. The number of hydrogen-bond donors (Lipinski definition) is 1. The highest BCUT2D eigenvalue weighted by atomic mass is 16.6. The summed E-state index contributed by atoms with van der Waals surface area (Å²) in [5, 5.41) is 9.09. The molecule has 1 N–H and O–H groups in total. The van der Waals surface area contributed by atoms with Crippen molar-refractivity contribution in [3.05, 3.63) is 0 Å². The Hall–Kier alpha value is -0.610. The molecule has 1 aliphatic carbocycles. The van der Waals surface area contributed by atoms with Crippen LogP contribution in [0.2, 0.25) is 0 Å². The van der Waals surface area contributed by atoms with Gasteiger partial charge in [-0.3, -0.25) is 4.79 Å². The van der Waals surface area contributed by atoms with Crippen LogP contribution in [0.1, 0.15) is 40.0 Å². The molecule has 3 atom stereocenters. The SMILES string of the molecule is CC(C)(CO)COC(=O)C1CCC2(C)OC2C1. The molecule has 17 heavy (non-hydrogen) atoms. The Kier molecular flexibility index (Phi) is 3.21. The van der Waals surface area contributed by atoms with E-state index in [1.165, 1.54) is 0 Å². The molecule has 98 valence electrons. The Balaban J connectivity index is 1.77. The minimum Gasteiger partial charge on any atom is -0.465 e. The fourth-order valence-corrected chi connectivity index (χ4v) is 2.29. The summed E-state index contributed by atoms with van der Waals surface area (Å²) in [6, 6.07) is 0. The largest absolute Gasteiger partial charge is 0.465 e. The van der Waals surface area contributed by atoms with E-state index in [0.29, 0.717) is 0 Å². The quantitative estimate of drug-likeness (QED) is 0.599. The number of hydrogen-bond acceptors (Lipinski definition) is 4. The highest BCUT2D eigenvalue weighted by molar-refractivity contribution is 5.72. The Labute approximate surface area is 102 Å². The van der Waals surface area contributed by atoms with E-state index in [2.05, 4.69) is 6.92 Å². The van der Waals surface area contributed by atoms with Crippen molar-refractivity contribution in [2.24, 2.45) is 11.3 Å². The third-order valence-corrected chi connectivity index (χ3v) is 3.89. The first-order chi connectivity index (χ1) is 7.86. The number of fused-ring (bicyclic) bond motifs is 1. The van der Waals surface area contributed by atoms with E-state index in [0.717, 1.165) is 19.3 Å². The highest BCUT2D eigenvalue weighted by Gasteiger charge is 2.56. The maximum Gasteiger partial charge on any atom is 0.309 e. The Morgan fingerprint density at radius 3 is 2.88 bits per heavy atom. The third kappa shape index (κ3) is 2.80. The molecule has 1 aliphatic heterocycles. The van der Waals surface area contributed by atoms with Gasteiger partial charge in [-0.05, 0) is 26.2 Å². The lowest BCUT2D eigenvalue weighted by atomic mass is 9.83. The summed E-state index contributed by atoms with van der Waals surface area (Å²) in [4.78, 5) is 11.9. The van der Waals surface area contributed by atoms with Gasteiger partial charge in [0, 0.05) is 5.41 Å². The van der Waals surface area contributed by atoms with Crippen LogP contribution in [0.25, 0.3) is 0 Å². The van der Waals surface area contributed by atoms with E-state index < -0.39 is 0 Å². The van der Waals surface area contributed by atoms with Gasteiger partial charge in [-0.2, -0.15) is 0 Å². The first-order valence-electron chi connectivity index (χ1n) is 6.32. The lowest BCUT2D eigenvalue weighted by Gasteiger charge is -2.25. The number of esters is 1. The zero-order chi connectivity index (χ0) is 12.7. The molecule has 1 saturated carbocycles. The summed E-state index contributed by atoms with van der Waals surface area (Å²) >= 11 is 0. The second-order valence-electron chi connectivity index (χ2n) is 6.32. The molecule has 1 heterocycles. The normalized spacial score (nSPS) is 36.2. The van der Waals surface area contributed by atoms with Crippen molar-refractivity contribution in [3.8, 4) is 0 Å². The molecule has 0 spiro atoms. The molecule has 2 aliphatic rings. The molecule has 0 radical (unpaired) electrons. The van der Waals surface area contributed by atoms with Crippen LogP contribution in [0.5, 0.6) is 0 Å². The number of aliphatic hydroxyl groups is 1. The zero-order valence-electron chi connectivity index (χ0n) is 10.9. The molecule has 0 aromatic rings. The van der Waals surface area contributed by atoms with E-state index >= 15 is 0 Å². The van der Waals surface area contributed by atoms with E-state index in [1.807, 2.05) is 13.8 Å². The predicted molar refractivity (Wildman–Crippen MR) is 62.4 cm³/mol. The maximum absolute atomic E-state index is 11.9. The van der Waals surface area contributed by atoms with Crippen molar-refractivity contribution in [2.45, 2.75) is 51.7 Å². The summed E-state index contributed by atoms with van der Waals surface area (Å²) in [7, 11) is 0. The molecular formula is C13H22O4. The van der Waals surface area contributed by atoms with Crippen LogP contribution < -0.4 is 0 Å². The minimum atomic E-state index is -0.352. The van der Waals surface area contributed by atoms with Crippen molar-refractivity contribution < 1.29 is 19.4 Å². The van der Waals surface area contributed by atoms with Gasteiger partial charge in [0.15, 0.2) is 0 Å². The molecule has 3 unspecified atom stereocenters. The van der Waals surface area contributed by atoms with Crippen LogP contribution >= 0.6 is 0 Å². The predicted octanol–water partition coefficient (Wildman–Crippen LogP) is 1.51. The lowest BCUT2D eigenvalue weighted by Crippen LogP contribution is -2.31. The van der Waals surface area contributed by atoms with Crippen molar-refractivity contribution >= 4 is 5.97 Å². The monoisotopic (exact) mass is 242 g/mol. The standard InChI is InChI=1S/C13H22O4/c1-12(2,7-14)8-16-11(15)9-4-5-13(3)10(6-9)17-13/h9-10,14H,4-8H2,1-3H3. The van der Waals surface area contributed by atoms with Crippen molar-refractivity contribution in [2.75, 3.05) is 13.2 Å². The fourth-order valence-electron chi connectivity index (χ4n) is 2.29. The summed E-state index contributed by atoms with van der Waals surface area (Å²) in [5.74, 6) is -0.158. The zero-order valence-corrected chi connectivity index (χ0v) is 10.9.